The van der Waals surface area contributed by atoms with Gasteiger partial charge in [-0.15, -0.1) is 0 Å². The first-order chi connectivity index (χ1) is 7.59. The van der Waals surface area contributed by atoms with E-state index in [-0.39, 0.29) is 16.6 Å². The van der Waals surface area contributed by atoms with E-state index < -0.39 is 0 Å². The predicted molar refractivity (Wildman–Crippen MR) is 79.4 cm³/mol. The highest BCUT2D eigenvalue weighted by atomic mass is 32.1. The number of nitrogens with one attached hydrogen (secondary N) is 2. The van der Waals surface area contributed by atoms with E-state index in [0.29, 0.717) is 5.11 Å². The third kappa shape index (κ3) is 1.98. The fourth-order valence-corrected chi connectivity index (χ4v) is 4.03. The molecule has 2 rings (SSSR count). The Hall–Kier alpha value is -0.260. The third-order valence-corrected chi connectivity index (χ3v) is 5.00. The highest BCUT2D eigenvalue weighted by Crippen LogP contribution is 2.43. The first kappa shape index (κ1) is 13.2. The van der Waals surface area contributed by atoms with Gasteiger partial charge in [0.1, 0.15) is 4.99 Å². The molecule has 1 spiro atoms. The molecule has 0 aromatic heterocycles. The lowest BCUT2D eigenvalue weighted by Gasteiger charge is -2.57. The van der Waals surface area contributed by atoms with Crippen LogP contribution >= 0.6 is 24.4 Å². The van der Waals surface area contributed by atoms with Crippen LogP contribution in [0.2, 0.25) is 0 Å². The maximum absolute atomic E-state index is 5.49. The summed E-state index contributed by atoms with van der Waals surface area (Å²) < 4.78 is 0. The summed E-state index contributed by atoms with van der Waals surface area (Å²) in [5.41, 5.74) is 0.0345. The van der Waals surface area contributed by atoms with Gasteiger partial charge in [-0.2, -0.15) is 0 Å². The SMILES string of the molecule is CN1C(C)(C)CC2(CC1(C)C)NC(=S)NC2=S. The van der Waals surface area contributed by atoms with Gasteiger partial charge in [0, 0.05) is 11.1 Å². The lowest BCUT2D eigenvalue weighted by molar-refractivity contribution is -0.0264. The van der Waals surface area contributed by atoms with Gasteiger partial charge < -0.3 is 10.6 Å². The number of hydrogen-bond acceptors (Lipinski definition) is 3. The van der Waals surface area contributed by atoms with Crippen LogP contribution in [0.4, 0.5) is 0 Å². The van der Waals surface area contributed by atoms with Crippen molar-refractivity contribution in [2.75, 3.05) is 7.05 Å². The number of thiocarbonyl (C=S) groups is 2. The maximum atomic E-state index is 5.49. The fourth-order valence-electron chi connectivity index (χ4n) is 3.37. The highest BCUT2D eigenvalue weighted by Gasteiger charge is 2.55. The zero-order valence-electron chi connectivity index (χ0n) is 11.2. The maximum Gasteiger partial charge on any atom is 0.172 e. The van der Waals surface area contributed by atoms with E-state index in [9.17, 15) is 0 Å². The zero-order chi connectivity index (χ0) is 13.1. The van der Waals surface area contributed by atoms with Gasteiger partial charge >= 0.3 is 0 Å². The second kappa shape index (κ2) is 3.62. The Morgan fingerprint density at radius 2 is 1.53 bits per heavy atom. The van der Waals surface area contributed by atoms with E-state index in [1.54, 1.807) is 0 Å². The van der Waals surface area contributed by atoms with Gasteiger partial charge in [-0.05, 0) is 59.8 Å². The number of nitrogens with zero attached hydrogens (tertiary/aromatic N) is 1. The molecule has 0 saturated carbocycles. The molecule has 2 fully saturated rings. The first-order valence-electron chi connectivity index (χ1n) is 5.97. The third-order valence-electron chi connectivity index (χ3n) is 4.30. The molecule has 0 aliphatic carbocycles. The molecule has 0 unspecified atom stereocenters. The van der Waals surface area contributed by atoms with Gasteiger partial charge in [-0.3, -0.25) is 4.90 Å². The van der Waals surface area contributed by atoms with Gasteiger partial charge in [0.25, 0.3) is 0 Å². The number of hydrogen-bond donors (Lipinski definition) is 2. The Balaban J connectivity index is 2.40. The van der Waals surface area contributed by atoms with Crippen molar-refractivity contribution in [3.05, 3.63) is 0 Å². The van der Waals surface area contributed by atoms with E-state index in [1.807, 2.05) is 0 Å². The van der Waals surface area contributed by atoms with Crippen molar-refractivity contribution in [1.82, 2.24) is 15.5 Å². The standard InChI is InChI=1S/C12H21N3S2/c1-10(2)6-12(7-11(3,4)15(10)5)8(16)13-9(17)14-12/h6-7H2,1-5H3,(H2,13,14,16,17). The lowest BCUT2D eigenvalue weighted by atomic mass is 9.69. The van der Waals surface area contributed by atoms with Crippen LogP contribution in [0.5, 0.6) is 0 Å². The number of rotatable bonds is 0. The highest BCUT2D eigenvalue weighted by molar-refractivity contribution is 7.82. The average Bonchev–Trinajstić information content (AvgIpc) is 2.36. The van der Waals surface area contributed by atoms with Gasteiger partial charge in [-0.1, -0.05) is 12.2 Å². The molecule has 0 bridgehead atoms. The van der Waals surface area contributed by atoms with Gasteiger partial charge in [-0.25, -0.2) is 0 Å². The fraction of sp³-hybridized carbons (Fsp3) is 0.833. The molecule has 17 heavy (non-hydrogen) atoms. The van der Waals surface area contributed by atoms with Crippen molar-refractivity contribution in [1.29, 1.82) is 0 Å². The van der Waals surface area contributed by atoms with Crippen molar-refractivity contribution >= 4 is 34.5 Å². The van der Waals surface area contributed by atoms with Crippen molar-refractivity contribution in [2.45, 2.75) is 57.2 Å². The smallest absolute Gasteiger partial charge is 0.172 e. The van der Waals surface area contributed by atoms with E-state index in [1.165, 1.54) is 0 Å². The van der Waals surface area contributed by atoms with Crippen LogP contribution in [0.25, 0.3) is 0 Å². The average molecular weight is 271 g/mol. The lowest BCUT2D eigenvalue weighted by Crippen LogP contribution is -2.68. The van der Waals surface area contributed by atoms with Crippen LogP contribution in [-0.4, -0.2) is 38.7 Å². The molecular weight excluding hydrogens is 250 g/mol. The Morgan fingerprint density at radius 1 is 1.06 bits per heavy atom. The summed E-state index contributed by atoms with van der Waals surface area (Å²) in [7, 11) is 2.19. The summed E-state index contributed by atoms with van der Waals surface area (Å²) in [5, 5.41) is 7.18. The molecule has 0 amide bonds. The molecule has 2 N–H and O–H groups in total. The Bertz CT molecular complexity index is 369. The van der Waals surface area contributed by atoms with Crippen LogP contribution in [0.3, 0.4) is 0 Å². The van der Waals surface area contributed by atoms with Crippen LogP contribution in [0.15, 0.2) is 0 Å². The van der Waals surface area contributed by atoms with Crippen molar-refractivity contribution < 1.29 is 0 Å². The first-order valence-corrected chi connectivity index (χ1v) is 6.78. The molecule has 5 heteroatoms. The molecule has 2 saturated heterocycles. The molecular formula is C12H21N3S2. The monoisotopic (exact) mass is 271 g/mol. The quantitative estimate of drug-likeness (QED) is 0.656. The van der Waals surface area contributed by atoms with E-state index >= 15 is 0 Å². The summed E-state index contributed by atoms with van der Waals surface area (Å²) in [6.07, 6.45) is 1.96. The van der Waals surface area contributed by atoms with Crippen LogP contribution in [0, 0.1) is 0 Å². The summed E-state index contributed by atoms with van der Waals surface area (Å²) >= 11 is 10.7. The molecule has 2 aliphatic heterocycles. The minimum absolute atomic E-state index is 0.0977. The summed E-state index contributed by atoms with van der Waals surface area (Å²) in [6.45, 7) is 9.06. The second-order valence-corrected chi connectivity index (χ2v) is 7.34. The van der Waals surface area contributed by atoms with Crippen molar-refractivity contribution in [3.8, 4) is 0 Å². The van der Waals surface area contributed by atoms with E-state index in [2.05, 4.69) is 50.3 Å². The minimum atomic E-state index is -0.161. The largest absolute Gasteiger partial charge is 0.350 e. The second-order valence-electron chi connectivity index (χ2n) is 6.53. The summed E-state index contributed by atoms with van der Waals surface area (Å²) in [6, 6.07) is 0. The van der Waals surface area contributed by atoms with Crippen LogP contribution in [-0.2, 0) is 0 Å². The number of piperidine rings is 1. The molecule has 96 valence electrons. The Labute approximate surface area is 114 Å². The molecule has 0 aromatic rings. The molecule has 2 aliphatic rings. The van der Waals surface area contributed by atoms with Gasteiger partial charge in [0.2, 0.25) is 0 Å². The van der Waals surface area contributed by atoms with E-state index in [4.69, 9.17) is 24.4 Å². The molecule has 0 radical (unpaired) electrons. The predicted octanol–water partition coefficient (Wildman–Crippen LogP) is 1.81. The molecule has 0 aromatic carbocycles. The summed E-state index contributed by atoms with van der Waals surface area (Å²) in [4.78, 5) is 3.30. The van der Waals surface area contributed by atoms with Gasteiger partial charge in [0.15, 0.2) is 5.11 Å². The minimum Gasteiger partial charge on any atom is -0.350 e. The van der Waals surface area contributed by atoms with Crippen molar-refractivity contribution in [2.24, 2.45) is 0 Å². The Morgan fingerprint density at radius 3 is 1.88 bits per heavy atom. The normalized spacial score (nSPS) is 30.2. The van der Waals surface area contributed by atoms with Crippen LogP contribution < -0.4 is 10.6 Å². The van der Waals surface area contributed by atoms with Gasteiger partial charge in [0.05, 0.1) is 5.54 Å². The topological polar surface area (TPSA) is 27.3 Å². The van der Waals surface area contributed by atoms with Crippen LogP contribution in [0.1, 0.15) is 40.5 Å². The van der Waals surface area contributed by atoms with Crippen molar-refractivity contribution in [3.63, 3.8) is 0 Å². The molecule has 2 heterocycles. The Kier molecular flexibility index (Phi) is 2.81. The van der Waals surface area contributed by atoms with E-state index in [0.717, 1.165) is 17.8 Å². The molecule has 3 nitrogen and oxygen atoms in total. The number of likely N-dealkylation sites (tertiary alicyclic amines) is 1. The molecule has 0 atom stereocenters. The zero-order valence-corrected chi connectivity index (χ0v) is 12.8. The summed E-state index contributed by atoms with van der Waals surface area (Å²) in [5.74, 6) is 0.